The smallest absolute Gasteiger partial charge is 0.308 e. The Morgan fingerprint density at radius 2 is 1.93 bits per heavy atom. The molecule has 0 spiro atoms. The molecule has 1 aromatic carbocycles. The average Bonchev–Trinajstić information content (AvgIpc) is 3.07. The Kier molecular flexibility index (Phi) is 9.55. The summed E-state index contributed by atoms with van der Waals surface area (Å²) in [6.45, 7) is 2.67. The van der Waals surface area contributed by atoms with E-state index in [0.717, 1.165) is 44.2 Å². The van der Waals surface area contributed by atoms with Gasteiger partial charge in [0.1, 0.15) is 0 Å². The van der Waals surface area contributed by atoms with E-state index >= 15 is 0 Å². The van der Waals surface area contributed by atoms with Crippen LogP contribution in [0.15, 0.2) is 23.6 Å². The number of nitrogen functional groups attached to an aromatic ring is 1. The van der Waals surface area contributed by atoms with Crippen molar-refractivity contribution < 1.29 is 14.6 Å². The molecule has 0 aliphatic carbocycles. The van der Waals surface area contributed by atoms with Crippen LogP contribution < -0.4 is 15.8 Å². The quantitative estimate of drug-likeness (QED) is 0.258. The molecule has 28 heavy (non-hydrogen) atoms. The molecule has 5 nitrogen and oxygen atoms in total. The molecule has 0 saturated heterocycles. The van der Waals surface area contributed by atoms with Crippen molar-refractivity contribution in [3.63, 3.8) is 0 Å². The lowest BCUT2D eigenvalue weighted by Crippen LogP contribution is -2.22. The Balaban J connectivity index is 1.59. The molecule has 0 fully saturated rings. The predicted octanol–water partition coefficient (Wildman–Crippen LogP) is 4.99. The van der Waals surface area contributed by atoms with E-state index < -0.39 is 6.10 Å². The third-order valence-corrected chi connectivity index (χ3v) is 5.77. The highest BCUT2D eigenvalue weighted by Crippen LogP contribution is 2.31. The molecule has 2 rings (SSSR count). The van der Waals surface area contributed by atoms with Crippen molar-refractivity contribution in [2.45, 2.75) is 45.1 Å². The zero-order valence-electron chi connectivity index (χ0n) is 15.8. The van der Waals surface area contributed by atoms with Crippen molar-refractivity contribution in [2.75, 3.05) is 18.8 Å². The fourth-order valence-corrected chi connectivity index (χ4v) is 4.15. The Labute approximate surface area is 179 Å². The second kappa shape index (κ2) is 11.6. The maximum atomic E-state index is 11.1. The molecular weight excluding hydrogens is 419 g/mol. The molecule has 0 aliphatic rings. The molecule has 0 saturated carbocycles. The van der Waals surface area contributed by atoms with Crippen LogP contribution in [0.5, 0.6) is 5.06 Å². The summed E-state index contributed by atoms with van der Waals surface area (Å²) in [6.07, 6.45) is 4.50. The first kappa shape index (κ1) is 23.0. The molecule has 1 aromatic heterocycles. The Hall–Kier alpha value is -1.31. The Morgan fingerprint density at radius 1 is 1.25 bits per heavy atom. The number of carbonyl (C=O) groups is 1. The summed E-state index contributed by atoms with van der Waals surface area (Å²) in [5.74, 6) is -0.277. The second-order valence-electron chi connectivity index (χ2n) is 6.61. The maximum Gasteiger partial charge on any atom is 0.308 e. The van der Waals surface area contributed by atoms with Gasteiger partial charge in [0.25, 0.3) is 0 Å². The van der Waals surface area contributed by atoms with Crippen molar-refractivity contribution >= 4 is 46.2 Å². The lowest BCUT2D eigenvalue weighted by Gasteiger charge is -2.14. The normalized spacial score (nSPS) is 12.1. The van der Waals surface area contributed by atoms with E-state index in [0.29, 0.717) is 32.9 Å². The minimum absolute atomic E-state index is 0.277. The highest BCUT2D eigenvalue weighted by atomic mass is 35.5. The number of carbonyl (C=O) groups excluding carboxylic acids is 1. The topological polar surface area (TPSA) is 84.6 Å². The fourth-order valence-electron chi connectivity index (χ4n) is 2.80. The van der Waals surface area contributed by atoms with Gasteiger partial charge in [-0.2, -0.15) is 0 Å². The van der Waals surface area contributed by atoms with Gasteiger partial charge in [0.15, 0.2) is 5.06 Å². The highest BCUT2D eigenvalue weighted by molar-refractivity contribution is 7.12. The number of thiophene rings is 1. The van der Waals surface area contributed by atoms with Crippen molar-refractivity contribution in [3.05, 3.63) is 44.8 Å². The van der Waals surface area contributed by atoms with Gasteiger partial charge in [0.05, 0.1) is 21.8 Å². The van der Waals surface area contributed by atoms with Crippen molar-refractivity contribution in [2.24, 2.45) is 0 Å². The van der Waals surface area contributed by atoms with Gasteiger partial charge < -0.3 is 20.9 Å². The van der Waals surface area contributed by atoms with E-state index in [-0.39, 0.29) is 5.97 Å². The minimum Gasteiger partial charge on any atom is -0.415 e. The number of aliphatic hydroxyl groups excluding tert-OH is 1. The summed E-state index contributed by atoms with van der Waals surface area (Å²) in [4.78, 5) is 11.1. The number of hydrogen-bond donors (Lipinski definition) is 3. The molecule has 0 aliphatic heterocycles. The van der Waals surface area contributed by atoms with Crippen LogP contribution in [0.1, 0.15) is 49.8 Å². The van der Waals surface area contributed by atoms with E-state index in [4.69, 9.17) is 33.7 Å². The van der Waals surface area contributed by atoms with Gasteiger partial charge in [0.2, 0.25) is 0 Å². The van der Waals surface area contributed by atoms with Gasteiger partial charge in [-0.25, -0.2) is 0 Å². The van der Waals surface area contributed by atoms with Crippen LogP contribution in [0.2, 0.25) is 10.0 Å². The number of aryl methyl sites for hydroxylation is 1. The summed E-state index contributed by atoms with van der Waals surface area (Å²) >= 11 is 13.5. The number of nitrogens with two attached hydrogens (primary N) is 1. The Bertz CT molecular complexity index is 760. The lowest BCUT2D eigenvalue weighted by atomic mass is 10.1. The number of halogens is 2. The molecule has 1 unspecified atom stereocenters. The van der Waals surface area contributed by atoms with Crippen molar-refractivity contribution in [1.82, 2.24) is 5.32 Å². The van der Waals surface area contributed by atoms with Crippen LogP contribution in [-0.2, 0) is 11.2 Å². The summed E-state index contributed by atoms with van der Waals surface area (Å²) in [7, 11) is 0. The zero-order valence-corrected chi connectivity index (χ0v) is 18.2. The molecule has 1 atom stereocenters. The van der Waals surface area contributed by atoms with Gasteiger partial charge in [-0.3, -0.25) is 4.79 Å². The summed E-state index contributed by atoms with van der Waals surface area (Å²) in [6, 6.07) is 5.30. The number of rotatable bonds is 11. The van der Waals surface area contributed by atoms with Gasteiger partial charge in [-0.15, -0.1) is 11.3 Å². The van der Waals surface area contributed by atoms with E-state index in [1.54, 1.807) is 12.1 Å². The van der Waals surface area contributed by atoms with Crippen LogP contribution in [0.3, 0.4) is 0 Å². The lowest BCUT2D eigenvalue weighted by molar-refractivity contribution is -0.131. The zero-order chi connectivity index (χ0) is 20.5. The molecule has 8 heteroatoms. The van der Waals surface area contributed by atoms with Crippen LogP contribution in [0.25, 0.3) is 0 Å². The highest BCUT2D eigenvalue weighted by Gasteiger charge is 2.12. The third-order valence-electron chi connectivity index (χ3n) is 4.32. The molecule has 4 N–H and O–H groups in total. The predicted molar refractivity (Wildman–Crippen MR) is 117 cm³/mol. The number of unbranched alkanes of at least 4 members (excludes halogenated alkanes) is 3. The maximum absolute atomic E-state index is 11.1. The molecular formula is C20H26Cl2N2O3S. The van der Waals surface area contributed by atoms with Crippen molar-refractivity contribution in [1.29, 1.82) is 0 Å². The number of nitrogens with one attached hydrogen (secondary N) is 1. The van der Waals surface area contributed by atoms with Gasteiger partial charge >= 0.3 is 5.97 Å². The SMILES string of the molecule is CC(=O)Oc1sccc1CCCCCCNCC(O)c1cc(Cl)c(N)c(Cl)c1. The molecule has 1 heterocycles. The van der Waals surface area contributed by atoms with Gasteiger partial charge in [-0.1, -0.05) is 36.0 Å². The van der Waals surface area contributed by atoms with E-state index in [1.165, 1.54) is 18.3 Å². The van der Waals surface area contributed by atoms with Crippen LogP contribution in [-0.4, -0.2) is 24.2 Å². The first-order chi connectivity index (χ1) is 13.4. The molecule has 0 amide bonds. The standard InChI is InChI=1S/C20H26Cl2N2O3S/c1-13(25)27-20-14(7-9-28-20)6-4-2-3-5-8-24-12-18(26)15-10-16(21)19(23)17(22)11-15/h7,9-11,18,24,26H,2-6,8,12,23H2,1H3. The number of esters is 1. The molecule has 154 valence electrons. The third kappa shape index (κ3) is 7.26. The fraction of sp³-hybridized carbons (Fsp3) is 0.450. The monoisotopic (exact) mass is 444 g/mol. The summed E-state index contributed by atoms with van der Waals surface area (Å²) in [5.41, 5.74) is 7.79. The number of aliphatic hydroxyl groups is 1. The summed E-state index contributed by atoms with van der Waals surface area (Å²) in [5, 5.41) is 16.9. The summed E-state index contributed by atoms with van der Waals surface area (Å²) < 4.78 is 5.20. The minimum atomic E-state index is -0.686. The molecule has 0 radical (unpaired) electrons. The molecule has 2 aromatic rings. The largest absolute Gasteiger partial charge is 0.415 e. The van der Waals surface area contributed by atoms with Crippen LogP contribution in [0, 0.1) is 0 Å². The van der Waals surface area contributed by atoms with E-state index in [9.17, 15) is 9.90 Å². The number of hydrogen-bond acceptors (Lipinski definition) is 6. The first-order valence-electron chi connectivity index (χ1n) is 9.26. The number of anilines is 1. The van der Waals surface area contributed by atoms with E-state index in [2.05, 4.69) is 5.32 Å². The number of benzene rings is 1. The van der Waals surface area contributed by atoms with Crippen LogP contribution in [0.4, 0.5) is 5.69 Å². The van der Waals surface area contributed by atoms with E-state index in [1.807, 2.05) is 11.4 Å². The average molecular weight is 445 g/mol. The van der Waals surface area contributed by atoms with Crippen LogP contribution >= 0.6 is 34.5 Å². The second-order valence-corrected chi connectivity index (χ2v) is 8.30. The van der Waals surface area contributed by atoms with Crippen molar-refractivity contribution in [3.8, 4) is 5.06 Å². The van der Waals surface area contributed by atoms with Gasteiger partial charge in [0, 0.05) is 19.0 Å². The first-order valence-corrected chi connectivity index (χ1v) is 10.9. The molecule has 0 bridgehead atoms. The van der Waals surface area contributed by atoms with Gasteiger partial charge in [-0.05, 0) is 54.9 Å². The Morgan fingerprint density at radius 3 is 2.61 bits per heavy atom. The number of ether oxygens (including phenoxy) is 1.